The largest absolute Gasteiger partial charge is 0.459 e. The average Bonchev–Trinajstić information content (AvgIpc) is 3.36. The van der Waals surface area contributed by atoms with Crippen molar-refractivity contribution in [2.45, 2.75) is 89.3 Å². The number of hydrogen-bond donors (Lipinski definition) is 3. The zero-order valence-corrected chi connectivity index (χ0v) is 38.8. The van der Waals surface area contributed by atoms with E-state index in [1.807, 2.05) is 97.1 Å². The molecule has 1 aliphatic heterocycles. The van der Waals surface area contributed by atoms with E-state index in [2.05, 4.69) is 36.2 Å². The monoisotopic (exact) mass is 921 g/mol. The summed E-state index contributed by atoms with van der Waals surface area (Å²) in [6.07, 6.45) is 7.39. The van der Waals surface area contributed by atoms with Crippen molar-refractivity contribution in [3.63, 3.8) is 0 Å². The minimum absolute atomic E-state index is 0.00556. The highest BCUT2D eigenvalue weighted by atomic mass is 16.7. The fourth-order valence-electron chi connectivity index (χ4n) is 10.5. The predicted octanol–water partition coefficient (Wildman–Crippen LogP) is 10.6. The number of nitrogens with one attached hydrogen (secondary N) is 1. The lowest BCUT2D eigenvalue weighted by molar-refractivity contribution is -0.256. The van der Waals surface area contributed by atoms with Gasteiger partial charge in [0.05, 0.1) is 31.4 Å². The second-order valence-electron chi connectivity index (χ2n) is 17.7. The standard InChI is InChI=1S/C56H63N3O9/c1-3-32-65-56-51(59(55(63)64-4-2)37-43-25-17-24-41-22-11-12-26-45(41)43)35-49(58-66-38-40-20-9-6-10-21-40)47-33-42(23-13-15-30-60)46(27-14-16-31-61)52(53(47)56)48-34-44(28-29-50(48)68-56)67-54(62)57-36-39-18-7-5-8-19-39/h3,5-12,17-22,24-26,28-29,33-34,42,46,51-53,60-61H,1,4,13-16,23,27,30-32,35-38H2,2H3,(H,57,62)/t42-,46+,51-,52+,53+,56+/m0/s1. The number of allylic oxidation sites excluding steroid dienone is 1. The number of ether oxygens (including phenoxy) is 4. The van der Waals surface area contributed by atoms with Crippen LogP contribution in [0.25, 0.3) is 10.8 Å². The first-order valence-corrected chi connectivity index (χ1v) is 24.0. The molecule has 5 aromatic carbocycles. The van der Waals surface area contributed by atoms with Crippen molar-refractivity contribution in [3.05, 3.63) is 168 Å². The highest BCUT2D eigenvalue weighted by molar-refractivity contribution is 6.03. The number of aliphatic hydroxyl groups is 2. The molecule has 68 heavy (non-hydrogen) atoms. The van der Waals surface area contributed by atoms with Gasteiger partial charge in [-0.05, 0) is 95.7 Å². The molecule has 1 heterocycles. The molecule has 8 rings (SSSR count). The van der Waals surface area contributed by atoms with Gasteiger partial charge in [-0.2, -0.15) is 0 Å². The number of oxime groups is 1. The van der Waals surface area contributed by atoms with E-state index in [0.717, 1.165) is 64.3 Å². The maximum atomic E-state index is 14.8. The normalized spacial score (nSPS) is 22.0. The SMILES string of the molecule is C=CCO[C@@]12Oc3ccc(OC(=O)NCc4ccccc4)cc3[C@H]3[C@H](CCCCO)[C@@H](CCCCO)C=C(C(=NOCc4ccccc4)C[C@@H]1N(Cc1cccc4ccccc14)C(=O)OCC)[C@H]32. The smallest absolute Gasteiger partial charge is 0.412 e. The van der Waals surface area contributed by atoms with Gasteiger partial charge in [-0.15, -0.1) is 6.58 Å². The van der Waals surface area contributed by atoms with Crippen LogP contribution in [0.5, 0.6) is 11.5 Å². The quantitative estimate of drug-likeness (QED) is 0.0372. The lowest BCUT2D eigenvalue weighted by Crippen LogP contribution is -2.70. The molecule has 356 valence electrons. The average molecular weight is 922 g/mol. The van der Waals surface area contributed by atoms with Crippen molar-refractivity contribution in [3.8, 4) is 11.5 Å². The molecule has 3 N–H and O–H groups in total. The van der Waals surface area contributed by atoms with E-state index in [1.54, 1.807) is 24.0 Å². The first-order valence-electron chi connectivity index (χ1n) is 24.0. The Balaban J connectivity index is 1.31. The van der Waals surface area contributed by atoms with Gasteiger partial charge in [-0.25, -0.2) is 9.59 Å². The second kappa shape index (κ2) is 23.0. The molecule has 1 saturated carbocycles. The van der Waals surface area contributed by atoms with Gasteiger partial charge in [0.25, 0.3) is 0 Å². The third-order valence-electron chi connectivity index (χ3n) is 13.5. The Bertz CT molecular complexity index is 2540. The van der Waals surface area contributed by atoms with Crippen molar-refractivity contribution < 1.29 is 43.6 Å². The molecule has 12 heteroatoms. The highest BCUT2D eigenvalue weighted by Gasteiger charge is 2.65. The Kier molecular flexibility index (Phi) is 16.3. The first-order chi connectivity index (χ1) is 33.4. The molecule has 0 unspecified atom stereocenters. The molecule has 0 radical (unpaired) electrons. The van der Waals surface area contributed by atoms with Crippen LogP contribution in [0.15, 0.2) is 151 Å². The number of nitrogens with zero attached hydrogens (tertiary/aromatic N) is 2. The first kappa shape index (κ1) is 48.0. The van der Waals surface area contributed by atoms with Gasteiger partial charge in [-0.1, -0.05) is 133 Å². The molecule has 2 amide bonds. The number of carbonyl (C=O) groups excluding carboxylic acids is 2. The number of fused-ring (bicyclic) bond motifs is 3. The number of amides is 2. The topological polar surface area (TPSA) is 148 Å². The van der Waals surface area contributed by atoms with Crippen LogP contribution in [0.4, 0.5) is 9.59 Å². The summed E-state index contributed by atoms with van der Waals surface area (Å²) in [5.41, 5.74) is 5.19. The second-order valence-corrected chi connectivity index (χ2v) is 17.7. The summed E-state index contributed by atoms with van der Waals surface area (Å²) in [5, 5.41) is 29.9. The maximum absolute atomic E-state index is 14.8. The van der Waals surface area contributed by atoms with Gasteiger partial charge in [0.2, 0.25) is 5.79 Å². The minimum Gasteiger partial charge on any atom is -0.459 e. The molecular weight excluding hydrogens is 859 g/mol. The van der Waals surface area contributed by atoms with Crippen molar-refractivity contribution in [2.75, 3.05) is 26.4 Å². The molecule has 3 aliphatic rings. The Morgan fingerprint density at radius 3 is 2.35 bits per heavy atom. The van der Waals surface area contributed by atoms with Crippen LogP contribution in [0.1, 0.15) is 80.0 Å². The van der Waals surface area contributed by atoms with E-state index in [0.29, 0.717) is 36.6 Å². The summed E-state index contributed by atoms with van der Waals surface area (Å²) < 4.78 is 26.5. The molecule has 2 aliphatic carbocycles. The van der Waals surface area contributed by atoms with Crippen LogP contribution in [0.2, 0.25) is 0 Å². The van der Waals surface area contributed by atoms with Gasteiger partial charge in [0.1, 0.15) is 24.1 Å². The molecule has 5 aromatic rings. The number of hydrogen-bond acceptors (Lipinski definition) is 10. The number of aliphatic hydroxyl groups excluding tert-OH is 2. The van der Waals surface area contributed by atoms with Gasteiger partial charge in [0.15, 0.2) is 0 Å². The molecule has 0 spiro atoms. The van der Waals surface area contributed by atoms with E-state index in [1.165, 1.54) is 0 Å². The molecule has 0 aromatic heterocycles. The molecular formula is C56H63N3O9. The van der Waals surface area contributed by atoms with E-state index in [4.69, 9.17) is 28.9 Å². The van der Waals surface area contributed by atoms with Crippen LogP contribution < -0.4 is 14.8 Å². The summed E-state index contributed by atoms with van der Waals surface area (Å²) in [4.78, 5) is 36.2. The maximum Gasteiger partial charge on any atom is 0.412 e. The van der Waals surface area contributed by atoms with Crippen LogP contribution in [-0.4, -0.2) is 71.3 Å². The van der Waals surface area contributed by atoms with Gasteiger partial charge in [-0.3, -0.25) is 4.90 Å². The Labute approximate surface area is 399 Å². The molecule has 12 nitrogen and oxygen atoms in total. The minimum atomic E-state index is -1.52. The fraction of sp³-hybridized carbons (Fsp3) is 0.375. The number of carbonyl (C=O) groups is 2. The molecule has 0 bridgehead atoms. The van der Waals surface area contributed by atoms with E-state index in [-0.39, 0.29) is 63.8 Å². The van der Waals surface area contributed by atoms with Crippen LogP contribution in [-0.2, 0) is 34.0 Å². The summed E-state index contributed by atoms with van der Waals surface area (Å²) in [7, 11) is 0. The summed E-state index contributed by atoms with van der Waals surface area (Å²) in [5.74, 6) is -1.58. The Morgan fingerprint density at radius 2 is 1.60 bits per heavy atom. The van der Waals surface area contributed by atoms with Crippen LogP contribution >= 0.6 is 0 Å². The highest BCUT2D eigenvalue weighted by Crippen LogP contribution is 2.62. The Morgan fingerprint density at radius 1 is 0.882 bits per heavy atom. The van der Waals surface area contributed by atoms with Gasteiger partial charge >= 0.3 is 12.2 Å². The van der Waals surface area contributed by atoms with Crippen molar-refractivity contribution in [2.24, 2.45) is 22.9 Å². The van der Waals surface area contributed by atoms with Gasteiger partial charge in [0, 0.05) is 37.7 Å². The van der Waals surface area contributed by atoms with Crippen molar-refractivity contribution in [1.82, 2.24) is 10.2 Å². The fourth-order valence-corrected chi connectivity index (χ4v) is 10.5. The summed E-state index contributed by atoms with van der Waals surface area (Å²) in [6.45, 7) is 6.93. The molecule has 1 fully saturated rings. The third kappa shape index (κ3) is 10.8. The number of rotatable bonds is 21. The summed E-state index contributed by atoms with van der Waals surface area (Å²) in [6, 6.07) is 38.3. The summed E-state index contributed by atoms with van der Waals surface area (Å²) >= 11 is 0. The predicted molar refractivity (Wildman–Crippen MR) is 262 cm³/mol. The Hall–Kier alpha value is -6.47. The number of unbranched alkanes of at least 4 members (excludes halogenated alkanes) is 2. The van der Waals surface area contributed by atoms with E-state index < -0.39 is 29.9 Å². The lowest BCUT2D eigenvalue weighted by atomic mass is 9.55. The van der Waals surface area contributed by atoms with E-state index >= 15 is 0 Å². The zero-order chi connectivity index (χ0) is 47.3. The van der Waals surface area contributed by atoms with E-state index in [9.17, 15) is 19.8 Å². The van der Waals surface area contributed by atoms with Crippen molar-refractivity contribution in [1.29, 1.82) is 0 Å². The molecule has 0 saturated heterocycles. The number of benzene rings is 5. The van der Waals surface area contributed by atoms with Gasteiger partial charge < -0.3 is 39.3 Å². The third-order valence-corrected chi connectivity index (χ3v) is 13.5. The van der Waals surface area contributed by atoms with Crippen LogP contribution in [0.3, 0.4) is 0 Å². The zero-order valence-electron chi connectivity index (χ0n) is 38.8. The van der Waals surface area contributed by atoms with Crippen LogP contribution in [0, 0.1) is 17.8 Å². The lowest BCUT2D eigenvalue weighted by Gasteiger charge is -2.59. The molecule has 6 atom stereocenters. The van der Waals surface area contributed by atoms with Crippen molar-refractivity contribution >= 4 is 28.7 Å².